The van der Waals surface area contributed by atoms with Crippen molar-refractivity contribution in [2.75, 3.05) is 24.2 Å². The molecule has 1 saturated heterocycles. The third kappa shape index (κ3) is 2.40. The molecule has 16 heavy (non-hydrogen) atoms. The van der Waals surface area contributed by atoms with E-state index >= 15 is 0 Å². The molecule has 1 aromatic carbocycles. The molecule has 1 aromatic rings. The normalized spacial score (nSPS) is 17.4. The smallest absolute Gasteiger partial charge is 0.123 e. The summed E-state index contributed by atoms with van der Waals surface area (Å²) in [5.41, 5.74) is 1.32. The minimum atomic E-state index is 0.276. The highest BCUT2D eigenvalue weighted by molar-refractivity contribution is 7.98. The predicted molar refractivity (Wildman–Crippen MR) is 69.2 cm³/mol. The number of hydrogen-bond donors (Lipinski definition) is 0. The minimum Gasteiger partial charge on any atom is -0.371 e. The van der Waals surface area contributed by atoms with Crippen molar-refractivity contribution in [3.63, 3.8) is 0 Å². The standard InChI is InChI=1S/C13H17NOS/c1-16-13-5-3-2-4-12(13)14-8-6-11(10-15)7-9-14/h2-5,10-11H,6-9H2,1H3. The van der Waals surface area contributed by atoms with E-state index in [0.29, 0.717) is 0 Å². The summed E-state index contributed by atoms with van der Waals surface area (Å²) in [5, 5.41) is 0. The first-order valence-electron chi connectivity index (χ1n) is 5.68. The van der Waals surface area contributed by atoms with Crippen molar-refractivity contribution in [3.8, 4) is 0 Å². The van der Waals surface area contributed by atoms with E-state index in [0.717, 1.165) is 32.2 Å². The Bertz CT molecular complexity index is 359. The monoisotopic (exact) mass is 235 g/mol. The second kappa shape index (κ2) is 5.39. The maximum absolute atomic E-state index is 10.7. The Labute approximate surface area is 101 Å². The van der Waals surface area contributed by atoms with Gasteiger partial charge in [0, 0.05) is 23.9 Å². The van der Waals surface area contributed by atoms with Crippen LogP contribution in [0.1, 0.15) is 12.8 Å². The lowest BCUT2D eigenvalue weighted by Gasteiger charge is -2.32. The topological polar surface area (TPSA) is 20.3 Å². The lowest BCUT2D eigenvalue weighted by Crippen LogP contribution is -2.34. The number of benzene rings is 1. The van der Waals surface area contributed by atoms with E-state index in [9.17, 15) is 4.79 Å². The molecule has 2 nitrogen and oxygen atoms in total. The molecule has 3 heteroatoms. The van der Waals surface area contributed by atoms with Crippen LogP contribution in [-0.2, 0) is 4.79 Å². The van der Waals surface area contributed by atoms with Crippen molar-refractivity contribution in [3.05, 3.63) is 24.3 Å². The van der Waals surface area contributed by atoms with Gasteiger partial charge in [-0.05, 0) is 31.2 Å². The molecule has 0 bridgehead atoms. The number of thioether (sulfide) groups is 1. The summed E-state index contributed by atoms with van der Waals surface area (Å²) < 4.78 is 0. The number of hydrogen-bond acceptors (Lipinski definition) is 3. The Kier molecular flexibility index (Phi) is 3.88. The van der Waals surface area contributed by atoms with Gasteiger partial charge in [-0.15, -0.1) is 11.8 Å². The highest BCUT2D eigenvalue weighted by Gasteiger charge is 2.19. The van der Waals surface area contributed by atoms with Crippen LogP contribution in [0, 0.1) is 5.92 Å². The Morgan fingerprint density at radius 2 is 2.00 bits per heavy atom. The summed E-state index contributed by atoms with van der Waals surface area (Å²) in [5.74, 6) is 0.276. The van der Waals surface area contributed by atoms with Gasteiger partial charge in [0.15, 0.2) is 0 Å². The van der Waals surface area contributed by atoms with Gasteiger partial charge < -0.3 is 9.69 Å². The third-order valence-corrected chi connectivity index (χ3v) is 3.94. The molecule has 1 heterocycles. The van der Waals surface area contributed by atoms with Gasteiger partial charge in [0.1, 0.15) is 6.29 Å². The minimum absolute atomic E-state index is 0.276. The SMILES string of the molecule is CSc1ccccc1N1CCC(C=O)CC1. The molecule has 0 N–H and O–H groups in total. The van der Waals surface area contributed by atoms with Crippen molar-refractivity contribution >= 4 is 23.7 Å². The fourth-order valence-corrected chi connectivity index (χ4v) is 2.79. The maximum atomic E-state index is 10.7. The molecule has 0 amide bonds. The Balaban J connectivity index is 2.10. The van der Waals surface area contributed by atoms with Crippen molar-refractivity contribution in [2.45, 2.75) is 17.7 Å². The molecule has 0 radical (unpaired) electrons. The van der Waals surface area contributed by atoms with Gasteiger partial charge >= 0.3 is 0 Å². The van der Waals surface area contributed by atoms with Crippen molar-refractivity contribution < 1.29 is 4.79 Å². The number of nitrogens with zero attached hydrogens (tertiary/aromatic N) is 1. The molecule has 1 aliphatic rings. The molecule has 2 rings (SSSR count). The third-order valence-electron chi connectivity index (χ3n) is 3.16. The highest BCUT2D eigenvalue weighted by Crippen LogP contribution is 2.30. The molecule has 86 valence electrons. The zero-order valence-corrected chi connectivity index (χ0v) is 10.4. The molecule has 1 aliphatic heterocycles. The van der Waals surface area contributed by atoms with Gasteiger partial charge in [-0.25, -0.2) is 0 Å². The van der Waals surface area contributed by atoms with Gasteiger partial charge in [-0.1, -0.05) is 12.1 Å². The summed E-state index contributed by atoms with van der Waals surface area (Å²) in [4.78, 5) is 14.4. The van der Waals surface area contributed by atoms with Gasteiger partial charge in [-0.3, -0.25) is 0 Å². The fourth-order valence-electron chi connectivity index (χ4n) is 2.17. The van der Waals surface area contributed by atoms with E-state index in [1.165, 1.54) is 10.6 Å². The molecule has 0 aliphatic carbocycles. The van der Waals surface area contributed by atoms with E-state index < -0.39 is 0 Å². The van der Waals surface area contributed by atoms with Crippen LogP contribution in [0.4, 0.5) is 5.69 Å². The molecule has 0 aromatic heterocycles. The predicted octanol–water partition coefficient (Wildman–Crippen LogP) is 2.82. The van der Waals surface area contributed by atoms with E-state index in [1.807, 2.05) is 0 Å². The molecule has 1 fully saturated rings. The largest absolute Gasteiger partial charge is 0.371 e. The number of carbonyl (C=O) groups excluding carboxylic acids is 1. The van der Waals surface area contributed by atoms with Gasteiger partial charge in [0.2, 0.25) is 0 Å². The summed E-state index contributed by atoms with van der Waals surface area (Å²) in [6, 6.07) is 8.49. The van der Waals surface area contributed by atoms with Crippen LogP contribution in [-0.4, -0.2) is 25.6 Å². The van der Waals surface area contributed by atoms with Crippen molar-refractivity contribution in [1.82, 2.24) is 0 Å². The lowest BCUT2D eigenvalue weighted by molar-refractivity contribution is -0.111. The van der Waals surface area contributed by atoms with E-state index in [1.54, 1.807) is 11.8 Å². The molecular weight excluding hydrogens is 218 g/mol. The Morgan fingerprint density at radius 1 is 1.31 bits per heavy atom. The van der Waals surface area contributed by atoms with Crippen LogP contribution in [0.15, 0.2) is 29.2 Å². The first kappa shape index (κ1) is 11.5. The average molecular weight is 235 g/mol. The second-order valence-electron chi connectivity index (χ2n) is 4.13. The quantitative estimate of drug-likeness (QED) is 0.593. The number of piperidine rings is 1. The summed E-state index contributed by atoms with van der Waals surface area (Å²) in [7, 11) is 0. The number of para-hydroxylation sites is 1. The summed E-state index contributed by atoms with van der Waals surface area (Å²) >= 11 is 1.78. The first-order chi connectivity index (χ1) is 7.85. The molecule has 0 saturated carbocycles. The van der Waals surface area contributed by atoms with Crippen LogP contribution in [0.5, 0.6) is 0 Å². The zero-order chi connectivity index (χ0) is 11.4. The number of carbonyl (C=O) groups is 1. The van der Waals surface area contributed by atoms with Crippen LogP contribution < -0.4 is 4.90 Å². The first-order valence-corrected chi connectivity index (χ1v) is 6.91. The zero-order valence-electron chi connectivity index (χ0n) is 9.56. The lowest BCUT2D eigenvalue weighted by atomic mass is 9.98. The Hall–Kier alpha value is -0.960. The van der Waals surface area contributed by atoms with E-state index in [-0.39, 0.29) is 5.92 Å². The Morgan fingerprint density at radius 3 is 2.62 bits per heavy atom. The van der Waals surface area contributed by atoms with E-state index in [2.05, 4.69) is 35.4 Å². The van der Waals surface area contributed by atoms with Gasteiger partial charge in [0.25, 0.3) is 0 Å². The van der Waals surface area contributed by atoms with Crippen molar-refractivity contribution in [1.29, 1.82) is 0 Å². The van der Waals surface area contributed by atoms with Crippen molar-refractivity contribution in [2.24, 2.45) is 5.92 Å². The number of rotatable bonds is 3. The maximum Gasteiger partial charge on any atom is 0.123 e. The molecule has 0 spiro atoms. The average Bonchev–Trinajstić information content (AvgIpc) is 2.39. The molecule has 0 atom stereocenters. The van der Waals surface area contributed by atoms with Crippen LogP contribution in [0.2, 0.25) is 0 Å². The molecule has 0 unspecified atom stereocenters. The van der Waals surface area contributed by atoms with Crippen LogP contribution >= 0.6 is 11.8 Å². The van der Waals surface area contributed by atoms with E-state index in [4.69, 9.17) is 0 Å². The second-order valence-corrected chi connectivity index (χ2v) is 4.98. The summed E-state index contributed by atoms with van der Waals surface area (Å²) in [6.45, 7) is 2.00. The number of aldehydes is 1. The fraction of sp³-hybridized carbons (Fsp3) is 0.462. The van der Waals surface area contributed by atoms with Crippen LogP contribution in [0.3, 0.4) is 0 Å². The van der Waals surface area contributed by atoms with Gasteiger partial charge in [0.05, 0.1) is 5.69 Å². The molecular formula is C13H17NOS. The highest BCUT2D eigenvalue weighted by atomic mass is 32.2. The summed E-state index contributed by atoms with van der Waals surface area (Å²) in [6.07, 6.45) is 5.20. The van der Waals surface area contributed by atoms with Crippen LogP contribution in [0.25, 0.3) is 0 Å². The number of anilines is 1. The van der Waals surface area contributed by atoms with Gasteiger partial charge in [-0.2, -0.15) is 0 Å².